The minimum atomic E-state index is 0.216. The zero-order valence-corrected chi connectivity index (χ0v) is 12.5. The first-order valence-electron chi connectivity index (χ1n) is 6.84. The van der Waals surface area contributed by atoms with Crippen LogP contribution in [-0.2, 0) is 0 Å². The molecular weight excluding hydrogens is 222 g/mol. The molecule has 0 saturated heterocycles. The predicted molar refractivity (Wildman–Crippen MR) is 78.4 cm³/mol. The average Bonchev–Trinajstić information content (AvgIpc) is 2.25. The molecule has 0 unspecified atom stereocenters. The first-order valence-corrected chi connectivity index (χ1v) is 6.84. The zero-order chi connectivity index (χ0) is 13.6. The first-order chi connectivity index (χ1) is 8.40. The van der Waals surface area contributed by atoms with Crippen LogP contribution >= 0.6 is 0 Å². The van der Waals surface area contributed by atoms with Crippen molar-refractivity contribution in [3.8, 4) is 5.75 Å². The molecule has 2 nitrogen and oxygen atoms in total. The smallest absolute Gasteiger partial charge is 0.125 e. The second-order valence-electron chi connectivity index (χ2n) is 5.95. The monoisotopic (exact) mass is 249 g/mol. The fourth-order valence-corrected chi connectivity index (χ4v) is 1.89. The van der Waals surface area contributed by atoms with Crippen LogP contribution in [0.2, 0.25) is 0 Å². The molecule has 1 rings (SSSR count). The van der Waals surface area contributed by atoms with Crippen molar-refractivity contribution >= 4 is 0 Å². The molecule has 0 radical (unpaired) electrons. The Labute approximate surface area is 112 Å². The van der Waals surface area contributed by atoms with E-state index in [0.717, 1.165) is 31.7 Å². The van der Waals surface area contributed by atoms with Gasteiger partial charge in [0.1, 0.15) is 5.75 Å². The Morgan fingerprint density at radius 1 is 1.06 bits per heavy atom. The Morgan fingerprint density at radius 2 is 1.67 bits per heavy atom. The lowest BCUT2D eigenvalue weighted by Crippen LogP contribution is -2.36. The molecule has 0 saturated carbocycles. The van der Waals surface area contributed by atoms with Crippen molar-refractivity contribution in [2.75, 3.05) is 13.2 Å². The van der Waals surface area contributed by atoms with Crippen LogP contribution in [0.3, 0.4) is 0 Å². The molecule has 0 atom stereocenters. The lowest BCUT2D eigenvalue weighted by molar-refractivity contribution is 0.298. The highest BCUT2D eigenvalue weighted by Gasteiger charge is 2.07. The van der Waals surface area contributed by atoms with Gasteiger partial charge in [0.05, 0.1) is 6.61 Å². The Hall–Kier alpha value is -1.02. The fourth-order valence-electron chi connectivity index (χ4n) is 1.89. The van der Waals surface area contributed by atoms with Crippen LogP contribution in [0.5, 0.6) is 5.75 Å². The van der Waals surface area contributed by atoms with E-state index in [9.17, 15) is 0 Å². The second-order valence-corrected chi connectivity index (χ2v) is 5.95. The van der Waals surface area contributed by atoms with E-state index in [-0.39, 0.29) is 5.54 Å². The third kappa shape index (κ3) is 5.54. The molecule has 1 N–H and O–H groups in total. The van der Waals surface area contributed by atoms with E-state index in [1.165, 1.54) is 11.1 Å². The second kappa shape index (κ2) is 6.79. The van der Waals surface area contributed by atoms with Gasteiger partial charge in [-0.05, 0) is 65.1 Å². The minimum absolute atomic E-state index is 0.216. The molecule has 0 aromatic heterocycles. The van der Waals surface area contributed by atoms with E-state index in [0.29, 0.717) is 0 Å². The summed E-state index contributed by atoms with van der Waals surface area (Å²) in [6, 6.07) is 6.28. The summed E-state index contributed by atoms with van der Waals surface area (Å²) in [5, 5.41) is 3.49. The predicted octanol–water partition coefficient (Wildman–Crippen LogP) is 3.85. The number of unbranched alkanes of at least 4 members (excludes halogenated alkanes) is 1. The summed E-state index contributed by atoms with van der Waals surface area (Å²) in [5.41, 5.74) is 2.67. The fraction of sp³-hybridized carbons (Fsp3) is 0.625. The summed E-state index contributed by atoms with van der Waals surface area (Å²) in [6.45, 7) is 12.6. The summed E-state index contributed by atoms with van der Waals surface area (Å²) < 4.78 is 5.87. The van der Waals surface area contributed by atoms with Gasteiger partial charge < -0.3 is 10.1 Å². The van der Waals surface area contributed by atoms with Gasteiger partial charge >= 0.3 is 0 Å². The highest BCUT2D eigenvalue weighted by molar-refractivity contribution is 5.39. The Balaban J connectivity index is 2.22. The number of ether oxygens (including phenoxy) is 1. The van der Waals surface area contributed by atoms with E-state index in [1.807, 2.05) is 0 Å². The standard InChI is InChI=1S/C16H27NO/c1-13-9-8-10-14(2)15(13)18-12-7-6-11-17-16(3,4)5/h8-10,17H,6-7,11-12H2,1-5H3. The van der Waals surface area contributed by atoms with E-state index in [1.54, 1.807) is 0 Å². The average molecular weight is 249 g/mol. The summed E-state index contributed by atoms with van der Waals surface area (Å²) in [7, 11) is 0. The Morgan fingerprint density at radius 3 is 2.22 bits per heavy atom. The lowest BCUT2D eigenvalue weighted by Gasteiger charge is -2.20. The summed E-state index contributed by atoms with van der Waals surface area (Å²) in [5.74, 6) is 1.06. The number of nitrogens with one attached hydrogen (secondary N) is 1. The molecule has 0 spiro atoms. The maximum atomic E-state index is 5.87. The van der Waals surface area contributed by atoms with Crippen molar-refractivity contribution in [3.63, 3.8) is 0 Å². The van der Waals surface area contributed by atoms with Crippen LogP contribution in [0.1, 0.15) is 44.7 Å². The SMILES string of the molecule is Cc1cccc(C)c1OCCCCNC(C)(C)C. The largest absolute Gasteiger partial charge is 0.493 e. The van der Waals surface area contributed by atoms with Crippen LogP contribution in [0, 0.1) is 13.8 Å². The van der Waals surface area contributed by atoms with Crippen LogP contribution in [0.15, 0.2) is 18.2 Å². The molecule has 0 bridgehead atoms. The molecule has 0 fully saturated rings. The minimum Gasteiger partial charge on any atom is -0.493 e. The topological polar surface area (TPSA) is 21.3 Å². The van der Waals surface area contributed by atoms with Crippen LogP contribution in [0.25, 0.3) is 0 Å². The maximum Gasteiger partial charge on any atom is 0.125 e. The quantitative estimate of drug-likeness (QED) is 0.773. The van der Waals surface area contributed by atoms with Gasteiger partial charge in [0, 0.05) is 5.54 Å². The summed E-state index contributed by atoms with van der Waals surface area (Å²) in [6.07, 6.45) is 2.25. The van der Waals surface area contributed by atoms with Crippen molar-refractivity contribution < 1.29 is 4.74 Å². The maximum absolute atomic E-state index is 5.87. The van der Waals surface area contributed by atoms with Gasteiger partial charge in [-0.1, -0.05) is 18.2 Å². The van der Waals surface area contributed by atoms with E-state index in [4.69, 9.17) is 4.74 Å². The van der Waals surface area contributed by atoms with Gasteiger partial charge in [-0.2, -0.15) is 0 Å². The number of benzene rings is 1. The number of aryl methyl sites for hydroxylation is 2. The molecule has 0 aliphatic heterocycles. The van der Waals surface area contributed by atoms with Crippen LogP contribution < -0.4 is 10.1 Å². The Kier molecular flexibility index (Phi) is 5.67. The van der Waals surface area contributed by atoms with Gasteiger partial charge in [-0.3, -0.25) is 0 Å². The van der Waals surface area contributed by atoms with E-state index < -0.39 is 0 Å². The molecule has 0 aliphatic carbocycles. The van der Waals surface area contributed by atoms with Gasteiger partial charge in [0.2, 0.25) is 0 Å². The molecule has 1 aromatic rings. The molecule has 0 amide bonds. The van der Waals surface area contributed by atoms with Crippen molar-refractivity contribution in [3.05, 3.63) is 29.3 Å². The van der Waals surface area contributed by atoms with Gasteiger partial charge in [0.15, 0.2) is 0 Å². The van der Waals surface area contributed by atoms with Gasteiger partial charge in [-0.25, -0.2) is 0 Å². The molecule has 0 aliphatic rings. The summed E-state index contributed by atoms with van der Waals surface area (Å²) in [4.78, 5) is 0. The van der Waals surface area contributed by atoms with Crippen molar-refractivity contribution in [2.45, 2.75) is 53.0 Å². The number of hydrogen-bond acceptors (Lipinski definition) is 2. The van der Waals surface area contributed by atoms with Crippen LogP contribution in [0.4, 0.5) is 0 Å². The number of hydrogen-bond donors (Lipinski definition) is 1. The van der Waals surface area contributed by atoms with Gasteiger partial charge in [-0.15, -0.1) is 0 Å². The van der Waals surface area contributed by atoms with E-state index >= 15 is 0 Å². The third-order valence-electron chi connectivity index (χ3n) is 2.88. The van der Waals surface area contributed by atoms with Gasteiger partial charge in [0.25, 0.3) is 0 Å². The normalized spacial score (nSPS) is 11.6. The molecule has 1 aromatic carbocycles. The molecule has 2 heteroatoms. The van der Waals surface area contributed by atoms with E-state index in [2.05, 4.69) is 58.1 Å². The highest BCUT2D eigenvalue weighted by Crippen LogP contribution is 2.22. The third-order valence-corrected chi connectivity index (χ3v) is 2.88. The highest BCUT2D eigenvalue weighted by atomic mass is 16.5. The molecular formula is C16H27NO. The van der Waals surface area contributed by atoms with Crippen molar-refractivity contribution in [1.82, 2.24) is 5.32 Å². The number of para-hydroxylation sites is 1. The summed E-state index contributed by atoms with van der Waals surface area (Å²) >= 11 is 0. The lowest BCUT2D eigenvalue weighted by atomic mass is 10.1. The molecule has 18 heavy (non-hydrogen) atoms. The zero-order valence-electron chi connectivity index (χ0n) is 12.5. The van der Waals surface area contributed by atoms with Crippen molar-refractivity contribution in [1.29, 1.82) is 0 Å². The molecule has 0 heterocycles. The number of rotatable bonds is 6. The Bertz CT molecular complexity index is 346. The molecule has 102 valence electrons. The van der Waals surface area contributed by atoms with Crippen LogP contribution in [-0.4, -0.2) is 18.7 Å². The first kappa shape index (κ1) is 15.0. The van der Waals surface area contributed by atoms with Crippen molar-refractivity contribution in [2.24, 2.45) is 0 Å².